The van der Waals surface area contributed by atoms with Gasteiger partial charge < -0.3 is 10.2 Å². The van der Waals surface area contributed by atoms with E-state index in [-0.39, 0.29) is 5.91 Å². The van der Waals surface area contributed by atoms with Crippen LogP contribution in [0.4, 0.5) is 5.69 Å². The van der Waals surface area contributed by atoms with Crippen molar-refractivity contribution in [2.24, 2.45) is 0 Å². The van der Waals surface area contributed by atoms with E-state index in [1.165, 1.54) is 0 Å². The second-order valence-corrected chi connectivity index (χ2v) is 6.93. The van der Waals surface area contributed by atoms with Gasteiger partial charge in [-0.15, -0.1) is 5.10 Å². The molecular weight excluding hydrogens is 373 g/mol. The lowest BCUT2D eigenvalue weighted by atomic mass is 10.3. The van der Waals surface area contributed by atoms with Crippen LogP contribution in [0.2, 0.25) is 10.0 Å². The first-order valence-electron chi connectivity index (χ1n) is 8.43. The van der Waals surface area contributed by atoms with Gasteiger partial charge in [-0.05, 0) is 36.8 Å². The molecule has 1 atom stereocenters. The Balaban J connectivity index is 1.68. The number of fused-ring (bicyclic) bond motifs is 1. The molecule has 1 unspecified atom stereocenters. The maximum atomic E-state index is 12.5. The van der Waals surface area contributed by atoms with Crippen LogP contribution in [0.15, 0.2) is 42.5 Å². The van der Waals surface area contributed by atoms with E-state index in [1.54, 1.807) is 18.2 Å². The van der Waals surface area contributed by atoms with Crippen LogP contribution in [0, 0.1) is 0 Å². The number of quaternary nitrogens is 1. The van der Waals surface area contributed by atoms with Gasteiger partial charge in [0.15, 0.2) is 13.2 Å². The van der Waals surface area contributed by atoms with Crippen molar-refractivity contribution in [3.63, 3.8) is 0 Å². The molecule has 0 aliphatic carbocycles. The van der Waals surface area contributed by atoms with Gasteiger partial charge in [-0.2, -0.15) is 4.68 Å². The van der Waals surface area contributed by atoms with Gasteiger partial charge >= 0.3 is 0 Å². The van der Waals surface area contributed by atoms with Crippen molar-refractivity contribution >= 4 is 45.8 Å². The Morgan fingerprint density at radius 3 is 2.81 bits per heavy atom. The number of aromatic nitrogens is 3. The number of carbonyl (C=O) groups is 1. The van der Waals surface area contributed by atoms with Gasteiger partial charge in [0, 0.05) is 5.02 Å². The van der Waals surface area contributed by atoms with Crippen LogP contribution in [-0.2, 0) is 11.5 Å². The standard InChI is InChI=1S/C18H19Cl2N5O/c1-2-9-24(12-25-17-6-4-3-5-16(17)22-23-25)11-18(26)21-15-8-7-13(19)10-14(15)20/h3-8,10H,2,9,11-12H2,1H3,(H,21,26)/p+1. The Labute approximate surface area is 161 Å². The molecule has 3 aromatic rings. The molecule has 2 N–H and O–H groups in total. The minimum absolute atomic E-state index is 0.109. The predicted octanol–water partition coefficient (Wildman–Crippen LogP) is 2.63. The number of anilines is 1. The Morgan fingerprint density at radius 1 is 1.23 bits per heavy atom. The molecule has 2 aromatic carbocycles. The molecule has 8 heteroatoms. The van der Waals surface area contributed by atoms with Gasteiger partial charge in [0.1, 0.15) is 5.52 Å². The summed E-state index contributed by atoms with van der Waals surface area (Å²) in [7, 11) is 0. The summed E-state index contributed by atoms with van der Waals surface area (Å²) in [6.45, 7) is 3.81. The van der Waals surface area contributed by atoms with Gasteiger partial charge in [0.25, 0.3) is 5.91 Å². The molecule has 0 saturated heterocycles. The topological polar surface area (TPSA) is 64.2 Å². The number of hydrogen-bond acceptors (Lipinski definition) is 3. The highest BCUT2D eigenvalue weighted by atomic mass is 35.5. The summed E-state index contributed by atoms with van der Waals surface area (Å²) in [5.74, 6) is -0.109. The van der Waals surface area contributed by atoms with Crippen LogP contribution in [0.25, 0.3) is 11.0 Å². The summed E-state index contributed by atoms with van der Waals surface area (Å²) in [5, 5.41) is 12.2. The highest BCUT2D eigenvalue weighted by Gasteiger charge is 2.17. The molecule has 6 nitrogen and oxygen atoms in total. The van der Waals surface area contributed by atoms with Crippen molar-refractivity contribution in [3.8, 4) is 0 Å². The van der Waals surface area contributed by atoms with Gasteiger partial charge in [-0.1, -0.05) is 47.5 Å². The second-order valence-electron chi connectivity index (χ2n) is 6.08. The van der Waals surface area contributed by atoms with E-state index >= 15 is 0 Å². The molecule has 0 radical (unpaired) electrons. The zero-order chi connectivity index (χ0) is 18.5. The van der Waals surface area contributed by atoms with E-state index in [1.807, 2.05) is 28.9 Å². The first kappa shape index (κ1) is 18.6. The van der Waals surface area contributed by atoms with Crippen molar-refractivity contribution in [2.45, 2.75) is 20.0 Å². The first-order valence-corrected chi connectivity index (χ1v) is 9.19. The van der Waals surface area contributed by atoms with Crippen molar-refractivity contribution in [2.75, 3.05) is 18.4 Å². The molecule has 0 bridgehead atoms. The first-order chi connectivity index (χ1) is 12.6. The molecular formula is C18H20Cl2N5O+. The number of amides is 1. The maximum Gasteiger partial charge on any atom is 0.279 e. The lowest BCUT2D eigenvalue weighted by molar-refractivity contribution is -0.915. The van der Waals surface area contributed by atoms with Crippen molar-refractivity contribution in [3.05, 3.63) is 52.5 Å². The summed E-state index contributed by atoms with van der Waals surface area (Å²) in [6.07, 6.45) is 0.955. The van der Waals surface area contributed by atoms with E-state index in [0.717, 1.165) is 28.9 Å². The van der Waals surface area contributed by atoms with Crippen LogP contribution in [0.1, 0.15) is 13.3 Å². The molecule has 1 aromatic heterocycles. The fraction of sp³-hybridized carbons (Fsp3) is 0.278. The molecule has 26 heavy (non-hydrogen) atoms. The minimum Gasteiger partial charge on any atom is -0.320 e. The monoisotopic (exact) mass is 392 g/mol. The van der Waals surface area contributed by atoms with Crippen molar-refractivity contribution in [1.82, 2.24) is 15.0 Å². The summed E-state index contributed by atoms with van der Waals surface area (Å²) < 4.78 is 1.84. The number of nitrogens with zero attached hydrogens (tertiary/aromatic N) is 3. The van der Waals surface area contributed by atoms with Crippen molar-refractivity contribution in [1.29, 1.82) is 0 Å². The van der Waals surface area contributed by atoms with Gasteiger partial charge in [-0.3, -0.25) is 4.79 Å². The van der Waals surface area contributed by atoms with E-state index in [4.69, 9.17) is 23.2 Å². The van der Waals surface area contributed by atoms with Crippen LogP contribution < -0.4 is 10.2 Å². The van der Waals surface area contributed by atoms with E-state index < -0.39 is 0 Å². The van der Waals surface area contributed by atoms with E-state index in [0.29, 0.717) is 28.9 Å². The summed E-state index contributed by atoms with van der Waals surface area (Å²) in [5.41, 5.74) is 2.37. The quantitative estimate of drug-likeness (QED) is 0.649. The van der Waals surface area contributed by atoms with Crippen molar-refractivity contribution < 1.29 is 9.69 Å². The number of halogens is 2. The number of rotatable bonds is 7. The molecule has 136 valence electrons. The SMILES string of the molecule is CCC[NH+](CC(=O)Nc1ccc(Cl)cc1Cl)Cn1nnc2ccccc21. The lowest BCUT2D eigenvalue weighted by Crippen LogP contribution is -3.12. The fourth-order valence-corrected chi connectivity index (χ4v) is 3.29. The summed E-state index contributed by atoms with van der Waals surface area (Å²) in [4.78, 5) is 13.5. The summed E-state index contributed by atoms with van der Waals surface area (Å²) >= 11 is 12.0. The highest BCUT2D eigenvalue weighted by Crippen LogP contribution is 2.25. The Bertz CT molecular complexity index is 911. The van der Waals surface area contributed by atoms with E-state index in [9.17, 15) is 4.79 Å². The number of carbonyl (C=O) groups excluding carboxylic acids is 1. The number of para-hydroxylation sites is 1. The molecule has 1 amide bonds. The number of nitrogens with one attached hydrogen (secondary N) is 2. The lowest BCUT2D eigenvalue weighted by Gasteiger charge is -2.18. The maximum absolute atomic E-state index is 12.5. The second kappa shape index (κ2) is 8.49. The van der Waals surface area contributed by atoms with Crippen LogP contribution >= 0.6 is 23.2 Å². The average molecular weight is 393 g/mol. The van der Waals surface area contributed by atoms with Crippen LogP contribution in [0.5, 0.6) is 0 Å². The Hall–Kier alpha value is -2.15. The highest BCUT2D eigenvalue weighted by molar-refractivity contribution is 6.36. The van der Waals surface area contributed by atoms with Crippen LogP contribution in [0.3, 0.4) is 0 Å². The zero-order valence-electron chi connectivity index (χ0n) is 14.4. The van der Waals surface area contributed by atoms with Crippen LogP contribution in [-0.4, -0.2) is 34.0 Å². The zero-order valence-corrected chi connectivity index (χ0v) is 15.9. The molecule has 3 rings (SSSR count). The fourth-order valence-electron chi connectivity index (χ4n) is 2.84. The van der Waals surface area contributed by atoms with E-state index in [2.05, 4.69) is 22.6 Å². The van der Waals surface area contributed by atoms with Gasteiger partial charge in [0.2, 0.25) is 0 Å². The molecule has 0 aliphatic heterocycles. The normalized spacial score (nSPS) is 12.3. The Kier molecular flexibility index (Phi) is 6.08. The molecule has 0 spiro atoms. The Morgan fingerprint density at radius 2 is 2.04 bits per heavy atom. The third-order valence-electron chi connectivity index (χ3n) is 4.01. The number of benzene rings is 2. The largest absolute Gasteiger partial charge is 0.320 e. The average Bonchev–Trinajstić information content (AvgIpc) is 3.01. The number of hydrogen-bond donors (Lipinski definition) is 2. The molecule has 0 saturated carbocycles. The molecule has 0 aliphatic rings. The molecule has 1 heterocycles. The molecule has 0 fully saturated rings. The summed E-state index contributed by atoms with van der Waals surface area (Å²) in [6, 6.07) is 12.8. The third kappa shape index (κ3) is 4.52. The minimum atomic E-state index is -0.109. The third-order valence-corrected chi connectivity index (χ3v) is 4.56. The predicted molar refractivity (Wildman–Crippen MR) is 104 cm³/mol. The van der Waals surface area contributed by atoms with Gasteiger partial charge in [0.05, 0.1) is 22.8 Å². The smallest absolute Gasteiger partial charge is 0.279 e. The van der Waals surface area contributed by atoms with Gasteiger partial charge in [-0.25, -0.2) is 0 Å².